The minimum absolute atomic E-state index is 0.0461. The zero-order valence-corrected chi connectivity index (χ0v) is 15.5. The molecule has 1 heterocycles. The van der Waals surface area contributed by atoms with Gasteiger partial charge in [0.05, 0.1) is 20.6 Å². The molecule has 0 saturated carbocycles. The Kier molecular flexibility index (Phi) is 5.93. The molecule has 6 heteroatoms. The van der Waals surface area contributed by atoms with E-state index in [4.69, 9.17) is 9.15 Å². The van der Waals surface area contributed by atoms with Gasteiger partial charge in [-0.05, 0) is 43.4 Å². The van der Waals surface area contributed by atoms with Crippen LogP contribution < -0.4 is 20.6 Å². The molecule has 140 valence electrons. The number of nitrogens with one attached hydrogen (secondary N) is 2. The van der Waals surface area contributed by atoms with Gasteiger partial charge in [0.15, 0.2) is 6.61 Å². The minimum atomic E-state index is -0.245. The van der Waals surface area contributed by atoms with E-state index in [0.717, 1.165) is 55.2 Å². The molecule has 0 fully saturated rings. The van der Waals surface area contributed by atoms with Gasteiger partial charge in [-0.15, -0.1) is 0 Å². The van der Waals surface area contributed by atoms with Crippen molar-refractivity contribution in [1.82, 2.24) is 5.32 Å². The van der Waals surface area contributed by atoms with Crippen LogP contribution >= 0.6 is 0 Å². The number of quaternary nitrogens is 1. The van der Waals surface area contributed by atoms with Crippen LogP contribution in [0.25, 0.3) is 11.0 Å². The van der Waals surface area contributed by atoms with Crippen molar-refractivity contribution in [1.29, 1.82) is 0 Å². The van der Waals surface area contributed by atoms with Crippen molar-refractivity contribution in [2.45, 2.75) is 32.1 Å². The van der Waals surface area contributed by atoms with E-state index in [9.17, 15) is 9.59 Å². The van der Waals surface area contributed by atoms with Crippen LogP contribution in [-0.2, 0) is 17.6 Å². The molecule has 2 N–H and O–H groups in total. The van der Waals surface area contributed by atoms with E-state index in [2.05, 4.69) is 19.4 Å². The highest BCUT2D eigenvalue weighted by atomic mass is 16.5. The number of carbonyl (C=O) groups is 1. The molecule has 0 unspecified atom stereocenters. The van der Waals surface area contributed by atoms with E-state index in [-0.39, 0.29) is 18.1 Å². The maximum Gasteiger partial charge on any atom is 0.339 e. The van der Waals surface area contributed by atoms with E-state index in [1.54, 1.807) is 6.07 Å². The standard InChI is InChI=1S/C20H26N2O4/c1-22(2)11-5-10-21-19(23)13-25-14-8-9-16-15-6-3-4-7-17(15)20(24)26-18(16)12-14/h8-9,12H,3-7,10-11,13H2,1-2H3,(H,21,23)/p+1. The average Bonchev–Trinajstić information content (AvgIpc) is 2.63. The summed E-state index contributed by atoms with van der Waals surface area (Å²) in [4.78, 5) is 25.4. The lowest BCUT2D eigenvalue weighted by Crippen LogP contribution is -3.05. The predicted molar refractivity (Wildman–Crippen MR) is 99.9 cm³/mol. The van der Waals surface area contributed by atoms with Crippen molar-refractivity contribution in [3.8, 4) is 5.75 Å². The van der Waals surface area contributed by atoms with Crippen molar-refractivity contribution < 1.29 is 18.8 Å². The highest BCUT2D eigenvalue weighted by Crippen LogP contribution is 2.28. The van der Waals surface area contributed by atoms with Gasteiger partial charge in [-0.2, -0.15) is 0 Å². The summed E-state index contributed by atoms with van der Waals surface area (Å²) in [6.45, 7) is 1.61. The molecule has 0 bridgehead atoms. The third kappa shape index (κ3) is 4.43. The Morgan fingerprint density at radius 3 is 2.77 bits per heavy atom. The summed E-state index contributed by atoms with van der Waals surface area (Å²) in [5.41, 5.74) is 2.21. The molecule has 1 amide bonds. The molecular formula is C20H27N2O4+. The zero-order chi connectivity index (χ0) is 18.5. The Morgan fingerprint density at radius 2 is 2.00 bits per heavy atom. The Labute approximate surface area is 153 Å². The minimum Gasteiger partial charge on any atom is -0.484 e. The smallest absolute Gasteiger partial charge is 0.339 e. The van der Waals surface area contributed by atoms with Gasteiger partial charge in [-0.25, -0.2) is 4.79 Å². The quantitative estimate of drug-likeness (QED) is 0.564. The molecule has 2 aromatic rings. The van der Waals surface area contributed by atoms with E-state index in [1.165, 1.54) is 4.90 Å². The predicted octanol–water partition coefficient (Wildman–Crippen LogP) is 0.701. The van der Waals surface area contributed by atoms with Crippen molar-refractivity contribution >= 4 is 16.9 Å². The van der Waals surface area contributed by atoms with Gasteiger partial charge in [-0.3, -0.25) is 4.79 Å². The van der Waals surface area contributed by atoms with Crippen molar-refractivity contribution in [2.24, 2.45) is 0 Å². The Morgan fingerprint density at radius 1 is 1.23 bits per heavy atom. The van der Waals surface area contributed by atoms with Crippen LogP contribution in [0, 0.1) is 0 Å². The van der Waals surface area contributed by atoms with E-state index in [1.807, 2.05) is 12.1 Å². The second kappa shape index (κ2) is 8.36. The topological polar surface area (TPSA) is 73.0 Å². The first-order valence-electron chi connectivity index (χ1n) is 9.32. The van der Waals surface area contributed by atoms with Crippen molar-refractivity contribution in [3.05, 3.63) is 39.7 Å². The molecule has 0 aliphatic heterocycles. The third-order valence-corrected chi connectivity index (χ3v) is 4.74. The second-order valence-corrected chi connectivity index (χ2v) is 7.16. The molecule has 1 aromatic heterocycles. The van der Waals surface area contributed by atoms with Crippen LogP contribution in [0.2, 0.25) is 0 Å². The second-order valence-electron chi connectivity index (χ2n) is 7.16. The van der Waals surface area contributed by atoms with Crippen LogP contribution in [0.4, 0.5) is 0 Å². The fourth-order valence-electron chi connectivity index (χ4n) is 3.39. The number of ether oxygens (including phenoxy) is 1. The molecule has 0 spiro atoms. The Bertz CT molecular complexity index is 842. The molecular weight excluding hydrogens is 332 g/mol. The molecule has 26 heavy (non-hydrogen) atoms. The number of carbonyl (C=O) groups excluding carboxylic acids is 1. The lowest BCUT2D eigenvalue weighted by Gasteiger charge is -2.16. The number of hydrogen-bond donors (Lipinski definition) is 2. The monoisotopic (exact) mass is 359 g/mol. The fourth-order valence-corrected chi connectivity index (χ4v) is 3.39. The lowest BCUT2D eigenvalue weighted by molar-refractivity contribution is -0.858. The fraction of sp³-hybridized carbons (Fsp3) is 0.500. The molecule has 3 rings (SSSR count). The molecule has 0 radical (unpaired) electrons. The normalized spacial score (nSPS) is 13.7. The summed E-state index contributed by atoms with van der Waals surface area (Å²) in [5.74, 6) is 0.384. The van der Waals surface area contributed by atoms with Crippen molar-refractivity contribution in [2.75, 3.05) is 33.8 Å². The summed E-state index contributed by atoms with van der Waals surface area (Å²) in [7, 11) is 4.17. The maximum atomic E-state index is 12.2. The molecule has 0 saturated heterocycles. The first-order chi connectivity index (χ1) is 12.5. The van der Waals surface area contributed by atoms with Crippen LogP contribution in [0.15, 0.2) is 27.4 Å². The average molecular weight is 359 g/mol. The molecule has 1 aromatic carbocycles. The SMILES string of the molecule is C[NH+](C)CCCNC(=O)COc1ccc2c3c(c(=O)oc2c1)CCCC3. The number of hydrogen-bond acceptors (Lipinski definition) is 4. The van der Waals surface area contributed by atoms with Gasteiger partial charge in [-0.1, -0.05) is 0 Å². The molecule has 6 nitrogen and oxygen atoms in total. The first kappa shape index (κ1) is 18.5. The van der Waals surface area contributed by atoms with Gasteiger partial charge in [0.1, 0.15) is 11.3 Å². The van der Waals surface area contributed by atoms with Gasteiger partial charge in [0.2, 0.25) is 0 Å². The van der Waals surface area contributed by atoms with Gasteiger partial charge in [0, 0.05) is 30.0 Å². The summed E-state index contributed by atoms with van der Waals surface area (Å²) in [6.07, 6.45) is 4.77. The summed E-state index contributed by atoms with van der Waals surface area (Å²) >= 11 is 0. The maximum absolute atomic E-state index is 12.2. The highest BCUT2D eigenvalue weighted by molar-refractivity contribution is 5.83. The van der Waals surface area contributed by atoms with Crippen molar-refractivity contribution in [3.63, 3.8) is 0 Å². The number of rotatable bonds is 7. The third-order valence-electron chi connectivity index (χ3n) is 4.74. The molecule has 0 atom stereocenters. The Balaban J connectivity index is 1.63. The van der Waals surface area contributed by atoms with Crippen LogP contribution in [0.3, 0.4) is 0 Å². The lowest BCUT2D eigenvalue weighted by atomic mass is 9.91. The van der Waals surface area contributed by atoms with Gasteiger partial charge >= 0.3 is 5.63 Å². The number of aryl methyl sites for hydroxylation is 1. The number of amides is 1. The number of benzene rings is 1. The Hall–Kier alpha value is -2.34. The highest BCUT2D eigenvalue weighted by Gasteiger charge is 2.18. The van der Waals surface area contributed by atoms with E-state index < -0.39 is 0 Å². The van der Waals surface area contributed by atoms with Gasteiger partial charge < -0.3 is 19.4 Å². The van der Waals surface area contributed by atoms with E-state index in [0.29, 0.717) is 17.9 Å². The van der Waals surface area contributed by atoms with Gasteiger partial charge in [0.25, 0.3) is 5.91 Å². The van der Waals surface area contributed by atoms with Crippen LogP contribution in [-0.4, -0.2) is 39.7 Å². The first-order valence-corrected chi connectivity index (χ1v) is 9.32. The molecule has 1 aliphatic rings. The zero-order valence-electron chi connectivity index (χ0n) is 15.5. The summed E-state index contributed by atoms with van der Waals surface area (Å²) < 4.78 is 11.0. The molecule has 1 aliphatic carbocycles. The van der Waals surface area contributed by atoms with Crippen LogP contribution in [0.5, 0.6) is 5.75 Å². The van der Waals surface area contributed by atoms with E-state index >= 15 is 0 Å². The summed E-state index contributed by atoms with van der Waals surface area (Å²) in [5, 5.41) is 3.82. The summed E-state index contributed by atoms with van der Waals surface area (Å²) in [6, 6.07) is 5.46. The number of fused-ring (bicyclic) bond motifs is 3. The largest absolute Gasteiger partial charge is 0.484 e. The van der Waals surface area contributed by atoms with Crippen LogP contribution in [0.1, 0.15) is 30.4 Å².